The number of nitriles is 1. The van der Waals surface area contributed by atoms with Crippen molar-refractivity contribution in [3.63, 3.8) is 0 Å². The van der Waals surface area contributed by atoms with Crippen LogP contribution in [0.5, 0.6) is 0 Å². The molecule has 1 fully saturated rings. The molecule has 80 valence electrons. The zero-order chi connectivity index (χ0) is 10.7. The van der Waals surface area contributed by atoms with Gasteiger partial charge in [0.15, 0.2) is 5.82 Å². The van der Waals surface area contributed by atoms with Gasteiger partial charge < -0.3 is 11.1 Å². The van der Waals surface area contributed by atoms with Crippen molar-refractivity contribution in [2.75, 3.05) is 11.1 Å². The van der Waals surface area contributed by atoms with Crippen LogP contribution in [0.15, 0.2) is 0 Å². The predicted octanol–water partition coefficient (Wildman–Crippen LogP) is 1.61. The first-order chi connectivity index (χ1) is 7.31. The van der Waals surface area contributed by atoms with Crippen LogP contribution in [0, 0.1) is 11.3 Å². The van der Waals surface area contributed by atoms with Gasteiger partial charge in [-0.1, -0.05) is 19.3 Å². The monoisotopic (exact) mass is 205 g/mol. The SMILES string of the molecule is N#Cc1c(NC2CCCCC2)n[nH]c1N. The molecule has 0 atom stereocenters. The molecule has 0 aliphatic heterocycles. The van der Waals surface area contributed by atoms with Gasteiger partial charge in [-0.05, 0) is 12.8 Å². The normalized spacial score (nSPS) is 17.3. The lowest BCUT2D eigenvalue weighted by molar-refractivity contribution is 0.462. The molecular formula is C10H15N5. The van der Waals surface area contributed by atoms with Gasteiger partial charge in [0.05, 0.1) is 0 Å². The number of nitrogens with one attached hydrogen (secondary N) is 2. The minimum atomic E-state index is 0.343. The fraction of sp³-hybridized carbons (Fsp3) is 0.600. The molecule has 15 heavy (non-hydrogen) atoms. The summed E-state index contributed by atoms with van der Waals surface area (Å²) in [4.78, 5) is 0. The third-order valence-corrected chi connectivity index (χ3v) is 2.85. The zero-order valence-electron chi connectivity index (χ0n) is 8.58. The van der Waals surface area contributed by atoms with Crippen LogP contribution in [0.4, 0.5) is 11.6 Å². The number of rotatable bonds is 2. The molecule has 2 rings (SSSR count). The molecular weight excluding hydrogens is 190 g/mol. The van der Waals surface area contributed by atoms with Gasteiger partial charge in [-0.2, -0.15) is 10.4 Å². The molecule has 0 amide bonds. The third-order valence-electron chi connectivity index (χ3n) is 2.85. The van der Waals surface area contributed by atoms with Crippen molar-refractivity contribution in [2.45, 2.75) is 38.1 Å². The average molecular weight is 205 g/mol. The Hall–Kier alpha value is -1.70. The van der Waals surface area contributed by atoms with Crippen LogP contribution in [0.25, 0.3) is 0 Å². The van der Waals surface area contributed by atoms with Crippen LogP contribution in [-0.4, -0.2) is 16.2 Å². The van der Waals surface area contributed by atoms with E-state index < -0.39 is 0 Å². The number of H-pyrrole nitrogens is 1. The number of aromatic amines is 1. The highest BCUT2D eigenvalue weighted by molar-refractivity contribution is 5.63. The summed E-state index contributed by atoms with van der Waals surface area (Å²) in [6.07, 6.45) is 6.11. The smallest absolute Gasteiger partial charge is 0.168 e. The number of anilines is 2. The van der Waals surface area contributed by atoms with E-state index in [1.165, 1.54) is 19.3 Å². The quantitative estimate of drug-likeness (QED) is 0.684. The van der Waals surface area contributed by atoms with Crippen LogP contribution in [0.3, 0.4) is 0 Å². The van der Waals surface area contributed by atoms with Crippen molar-refractivity contribution in [3.8, 4) is 6.07 Å². The molecule has 0 spiro atoms. The molecule has 0 bridgehead atoms. The lowest BCUT2D eigenvalue weighted by atomic mass is 9.95. The van der Waals surface area contributed by atoms with Crippen molar-refractivity contribution in [1.29, 1.82) is 5.26 Å². The van der Waals surface area contributed by atoms with Crippen LogP contribution in [0.2, 0.25) is 0 Å². The van der Waals surface area contributed by atoms with E-state index >= 15 is 0 Å². The molecule has 4 N–H and O–H groups in total. The molecule has 1 aliphatic rings. The second-order valence-corrected chi connectivity index (χ2v) is 3.95. The molecule has 0 aromatic carbocycles. The lowest BCUT2D eigenvalue weighted by Gasteiger charge is -2.22. The maximum absolute atomic E-state index is 8.89. The van der Waals surface area contributed by atoms with Gasteiger partial charge in [-0.25, -0.2) is 0 Å². The molecule has 1 saturated carbocycles. The van der Waals surface area contributed by atoms with Gasteiger partial charge in [0.2, 0.25) is 0 Å². The highest BCUT2D eigenvalue weighted by Gasteiger charge is 2.17. The van der Waals surface area contributed by atoms with E-state index in [0.29, 0.717) is 23.2 Å². The first-order valence-corrected chi connectivity index (χ1v) is 5.31. The first-order valence-electron chi connectivity index (χ1n) is 5.31. The van der Waals surface area contributed by atoms with E-state index in [2.05, 4.69) is 21.6 Å². The summed E-state index contributed by atoms with van der Waals surface area (Å²) in [7, 11) is 0. The standard InChI is InChI=1S/C10H15N5/c11-6-8-9(12)14-15-10(8)13-7-4-2-1-3-5-7/h7H,1-5H2,(H4,12,13,14,15). The van der Waals surface area contributed by atoms with Crippen LogP contribution >= 0.6 is 0 Å². The number of aromatic nitrogens is 2. The summed E-state index contributed by atoms with van der Waals surface area (Å²) in [6, 6.07) is 2.49. The van der Waals surface area contributed by atoms with Gasteiger partial charge >= 0.3 is 0 Å². The van der Waals surface area contributed by atoms with Gasteiger partial charge in [0.1, 0.15) is 17.5 Å². The molecule has 1 aromatic heterocycles. The van der Waals surface area contributed by atoms with E-state index in [0.717, 1.165) is 12.8 Å². The topological polar surface area (TPSA) is 90.5 Å². The predicted molar refractivity (Wildman–Crippen MR) is 58.2 cm³/mol. The maximum atomic E-state index is 8.89. The Morgan fingerprint density at radius 3 is 2.80 bits per heavy atom. The van der Waals surface area contributed by atoms with E-state index in [1.54, 1.807) is 0 Å². The molecule has 1 aromatic rings. The largest absolute Gasteiger partial charge is 0.383 e. The second-order valence-electron chi connectivity index (χ2n) is 3.95. The van der Waals surface area contributed by atoms with Gasteiger partial charge in [-0.3, -0.25) is 5.10 Å². The van der Waals surface area contributed by atoms with Crippen molar-refractivity contribution >= 4 is 11.6 Å². The molecule has 5 heteroatoms. The van der Waals surface area contributed by atoms with Gasteiger partial charge in [-0.15, -0.1) is 0 Å². The number of hydrogen-bond donors (Lipinski definition) is 3. The summed E-state index contributed by atoms with van der Waals surface area (Å²) in [5.41, 5.74) is 6.01. The fourth-order valence-corrected chi connectivity index (χ4v) is 2.01. The molecule has 0 radical (unpaired) electrons. The molecule has 5 nitrogen and oxygen atoms in total. The molecule has 1 heterocycles. The molecule has 0 saturated heterocycles. The minimum absolute atomic E-state index is 0.343. The molecule has 1 aliphatic carbocycles. The Morgan fingerprint density at radius 1 is 1.40 bits per heavy atom. The fourth-order valence-electron chi connectivity index (χ4n) is 2.01. The van der Waals surface area contributed by atoms with Gasteiger partial charge in [0, 0.05) is 6.04 Å². The molecule has 0 unspecified atom stereocenters. The Balaban J connectivity index is 2.06. The van der Waals surface area contributed by atoms with E-state index in [-0.39, 0.29) is 0 Å². The lowest BCUT2D eigenvalue weighted by Crippen LogP contribution is -2.22. The first kappa shape index (κ1) is 9.84. The summed E-state index contributed by atoms with van der Waals surface area (Å²) < 4.78 is 0. The maximum Gasteiger partial charge on any atom is 0.168 e. The Bertz CT molecular complexity index is 370. The van der Waals surface area contributed by atoms with Crippen LogP contribution in [-0.2, 0) is 0 Å². The van der Waals surface area contributed by atoms with Crippen LogP contribution < -0.4 is 11.1 Å². The number of nitrogen functional groups attached to an aromatic ring is 1. The van der Waals surface area contributed by atoms with Crippen LogP contribution in [0.1, 0.15) is 37.7 Å². The Morgan fingerprint density at radius 2 is 2.13 bits per heavy atom. The minimum Gasteiger partial charge on any atom is -0.383 e. The number of nitrogens with two attached hydrogens (primary N) is 1. The highest BCUT2D eigenvalue weighted by atomic mass is 15.2. The number of hydrogen-bond acceptors (Lipinski definition) is 4. The van der Waals surface area contributed by atoms with Gasteiger partial charge in [0.25, 0.3) is 0 Å². The number of nitrogens with zero attached hydrogens (tertiary/aromatic N) is 2. The van der Waals surface area contributed by atoms with E-state index in [9.17, 15) is 0 Å². The second kappa shape index (κ2) is 4.22. The zero-order valence-corrected chi connectivity index (χ0v) is 8.58. The van der Waals surface area contributed by atoms with E-state index in [4.69, 9.17) is 11.0 Å². The van der Waals surface area contributed by atoms with Crippen molar-refractivity contribution in [1.82, 2.24) is 10.2 Å². The summed E-state index contributed by atoms with van der Waals surface area (Å²) in [5.74, 6) is 0.942. The Labute approximate surface area is 88.7 Å². The highest BCUT2D eigenvalue weighted by Crippen LogP contribution is 2.23. The Kier molecular flexibility index (Phi) is 2.77. The summed E-state index contributed by atoms with van der Waals surface area (Å²) in [6.45, 7) is 0. The summed E-state index contributed by atoms with van der Waals surface area (Å²) >= 11 is 0. The van der Waals surface area contributed by atoms with Crippen molar-refractivity contribution < 1.29 is 0 Å². The average Bonchev–Trinajstić information content (AvgIpc) is 2.61. The van der Waals surface area contributed by atoms with Crippen molar-refractivity contribution in [3.05, 3.63) is 5.56 Å². The van der Waals surface area contributed by atoms with E-state index in [1.807, 2.05) is 0 Å². The summed E-state index contributed by atoms with van der Waals surface area (Å²) in [5, 5.41) is 18.8. The van der Waals surface area contributed by atoms with Crippen molar-refractivity contribution in [2.24, 2.45) is 0 Å². The third kappa shape index (κ3) is 2.04.